The van der Waals surface area contributed by atoms with Crippen molar-refractivity contribution in [2.45, 2.75) is 56.8 Å². The van der Waals surface area contributed by atoms with Gasteiger partial charge in [0.05, 0.1) is 17.5 Å². The maximum Gasteiger partial charge on any atom is 0.280 e. The molecule has 3 heterocycles. The number of nitrogens with one attached hydrogen (secondary N) is 2. The minimum Gasteiger partial charge on any atom is -0.346 e. The number of fused-ring (bicyclic) bond motifs is 2. The van der Waals surface area contributed by atoms with Crippen LogP contribution < -0.4 is 10.6 Å². The molecule has 12 heteroatoms. The van der Waals surface area contributed by atoms with Crippen LogP contribution in [0.3, 0.4) is 0 Å². The maximum absolute atomic E-state index is 13.2. The topological polar surface area (TPSA) is 121 Å². The van der Waals surface area contributed by atoms with E-state index in [9.17, 15) is 18.0 Å². The number of halogens is 1. The fraction of sp³-hybridized carbons (Fsp3) is 0.600. The van der Waals surface area contributed by atoms with Gasteiger partial charge in [-0.25, -0.2) is 13.4 Å². The second-order valence-electron chi connectivity index (χ2n) is 10.7. The molecule has 2 aliphatic carbocycles. The predicted octanol–water partition coefficient (Wildman–Crippen LogP) is 2.08. The third-order valence-corrected chi connectivity index (χ3v) is 9.92. The van der Waals surface area contributed by atoms with Gasteiger partial charge >= 0.3 is 0 Å². The Kier molecular flexibility index (Phi) is 7.59. The van der Waals surface area contributed by atoms with Crippen LogP contribution in [-0.4, -0.2) is 79.6 Å². The van der Waals surface area contributed by atoms with E-state index in [1.165, 1.54) is 17.6 Å². The van der Waals surface area contributed by atoms with Crippen molar-refractivity contribution in [3.8, 4) is 0 Å². The minimum atomic E-state index is -3.16. The Bertz CT molecular complexity index is 1290. The van der Waals surface area contributed by atoms with Gasteiger partial charge in [-0.15, -0.1) is 11.3 Å². The van der Waals surface area contributed by atoms with Crippen molar-refractivity contribution in [1.29, 1.82) is 0 Å². The van der Waals surface area contributed by atoms with Gasteiger partial charge in [0, 0.05) is 60.1 Å². The Labute approximate surface area is 226 Å². The van der Waals surface area contributed by atoms with Gasteiger partial charge in [-0.05, 0) is 38.3 Å². The van der Waals surface area contributed by atoms with Gasteiger partial charge in [-0.3, -0.25) is 14.6 Å². The highest BCUT2D eigenvalue weighted by Gasteiger charge is 2.37. The number of allylic oxidation sites excluding steroid dienone is 2. The number of thiazole rings is 1. The molecule has 4 aliphatic rings. The second kappa shape index (κ2) is 10.6. The molecule has 200 valence electrons. The number of hydrogen-bond acceptors (Lipinski definition) is 8. The van der Waals surface area contributed by atoms with E-state index in [-0.39, 0.29) is 41.5 Å². The third kappa shape index (κ3) is 6.32. The number of sulfone groups is 1. The summed E-state index contributed by atoms with van der Waals surface area (Å²) in [6.45, 7) is 1.68. The Morgan fingerprint density at radius 2 is 2.00 bits per heavy atom. The minimum absolute atomic E-state index is 0.0629. The lowest BCUT2D eigenvalue weighted by Crippen LogP contribution is -2.56. The number of aliphatic imine (C=N–C) groups is 1. The zero-order chi connectivity index (χ0) is 26.3. The Balaban J connectivity index is 1.29. The average molecular weight is 566 g/mol. The predicted molar refractivity (Wildman–Crippen MR) is 145 cm³/mol. The highest BCUT2D eigenvalue weighted by Crippen LogP contribution is 2.31. The molecular formula is C25H32ClN5O4S2. The number of rotatable bonds is 6. The van der Waals surface area contributed by atoms with Crippen LogP contribution in [0.5, 0.6) is 0 Å². The monoisotopic (exact) mass is 565 g/mol. The first kappa shape index (κ1) is 26.5. The molecule has 0 saturated heterocycles. The maximum atomic E-state index is 13.2. The van der Waals surface area contributed by atoms with Gasteiger partial charge in [-0.1, -0.05) is 23.8 Å². The lowest BCUT2D eigenvalue weighted by Gasteiger charge is -2.36. The zero-order valence-electron chi connectivity index (χ0n) is 20.9. The summed E-state index contributed by atoms with van der Waals surface area (Å²) in [5, 5.41) is 7.24. The van der Waals surface area contributed by atoms with Gasteiger partial charge < -0.3 is 15.5 Å². The van der Waals surface area contributed by atoms with Crippen LogP contribution in [0.1, 0.15) is 46.1 Å². The number of carbonyl (C=O) groups is 2. The Hall–Kier alpha value is -2.08. The van der Waals surface area contributed by atoms with Crippen LogP contribution in [0.15, 0.2) is 28.3 Å². The van der Waals surface area contributed by atoms with E-state index in [2.05, 4.69) is 25.5 Å². The summed E-state index contributed by atoms with van der Waals surface area (Å²) in [6.07, 6.45) is 9.90. The molecule has 5 rings (SSSR count). The third-order valence-electron chi connectivity index (χ3n) is 7.51. The first-order valence-corrected chi connectivity index (χ1v) is 15.9. The molecule has 1 aromatic heterocycles. The number of amides is 2. The molecule has 2 N–H and O–H groups in total. The molecule has 2 unspecified atom stereocenters. The van der Waals surface area contributed by atoms with E-state index in [1.54, 1.807) is 6.08 Å². The molecule has 1 saturated carbocycles. The number of carbonyl (C=O) groups excluding carboxylic acids is 2. The highest BCUT2D eigenvalue weighted by molar-refractivity contribution is 7.90. The molecule has 37 heavy (non-hydrogen) atoms. The smallest absolute Gasteiger partial charge is 0.280 e. The average Bonchev–Trinajstić information content (AvgIpc) is 3.43. The number of nitrogens with zero attached hydrogens (tertiary/aromatic N) is 3. The van der Waals surface area contributed by atoms with Crippen LogP contribution in [0.2, 0.25) is 0 Å². The van der Waals surface area contributed by atoms with Gasteiger partial charge in [0.25, 0.3) is 11.8 Å². The van der Waals surface area contributed by atoms with E-state index >= 15 is 0 Å². The summed E-state index contributed by atoms with van der Waals surface area (Å²) in [6, 6.07) is -0.814. The van der Waals surface area contributed by atoms with Crippen LogP contribution in [0, 0.1) is 11.8 Å². The normalized spacial score (nSPS) is 29.6. The number of likely N-dealkylation sites (N-methyl/N-ethyl adjacent to an activating group) is 1. The van der Waals surface area contributed by atoms with Gasteiger partial charge in [-0.2, -0.15) is 0 Å². The van der Waals surface area contributed by atoms with Gasteiger partial charge in [0.15, 0.2) is 5.01 Å². The van der Waals surface area contributed by atoms with Crippen LogP contribution >= 0.6 is 22.9 Å². The van der Waals surface area contributed by atoms with Gasteiger partial charge in [0.1, 0.15) is 15.5 Å². The van der Waals surface area contributed by atoms with Crippen LogP contribution in [-0.2, 0) is 27.6 Å². The Morgan fingerprint density at radius 1 is 1.22 bits per heavy atom. The molecule has 0 spiro atoms. The van der Waals surface area contributed by atoms with Crippen molar-refractivity contribution in [3.63, 3.8) is 0 Å². The van der Waals surface area contributed by atoms with E-state index in [4.69, 9.17) is 11.6 Å². The van der Waals surface area contributed by atoms with E-state index in [1.807, 2.05) is 19.2 Å². The standard InChI is InChI=1S/C25H32ClN5O4S2/c1-31-8-7-19-22(12-31)36-25(30-19)24(33)29-20-9-14(13-37(2,34)35)3-5-18(20)28-23(32)21-11-15-10-16(26)4-6-17(15)27-21/h4,6,10,14-15,17-18,20H,3,5,7-9,11-13H2,1-2H3,(H,28,32)(H,29,33)/t14-,15?,17?,18-,20+/m0/s1. The van der Waals surface area contributed by atoms with Crippen molar-refractivity contribution in [2.24, 2.45) is 16.8 Å². The molecule has 1 fully saturated rings. The summed E-state index contributed by atoms with van der Waals surface area (Å²) in [4.78, 5) is 38.9. The quantitative estimate of drug-likeness (QED) is 0.545. The van der Waals surface area contributed by atoms with Crippen molar-refractivity contribution in [3.05, 3.63) is 38.8 Å². The molecular weight excluding hydrogens is 534 g/mol. The highest BCUT2D eigenvalue weighted by atomic mass is 35.5. The summed E-state index contributed by atoms with van der Waals surface area (Å²) >= 11 is 7.52. The second-order valence-corrected chi connectivity index (χ2v) is 14.4. The van der Waals surface area contributed by atoms with Crippen molar-refractivity contribution >= 4 is 50.3 Å². The largest absolute Gasteiger partial charge is 0.346 e. The van der Waals surface area contributed by atoms with E-state index in [0.29, 0.717) is 41.4 Å². The summed E-state index contributed by atoms with van der Waals surface area (Å²) in [7, 11) is -1.12. The molecule has 0 aromatic carbocycles. The van der Waals surface area contributed by atoms with E-state index < -0.39 is 15.9 Å². The summed E-state index contributed by atoms with van der Waals surface area (Å²) in [5.74, 6) is -0.468. The van der Waals surface area contributed by atoms with Crippen molar-refractivity contribution in [1.82, 2.24) is 20.5 Å². The molecule has 9 nitrogen and oxygen atoms in total. The molecule has 2 aliphatic heterocycles. The SMILES string of the molecule is CN1CCc2nc(C(=O)N[C@@H]3C[C@@H](CS(C)(=O)=O)CC[C@@H]3NC(=O)C3=NC4C=CC(Cl)=CC4C3)sc2C1. The zero-order valence-corrected chi connectivity index (χ0v) is 23.3. The fourth-order valence-electron chi connectivity index (χ4n) is 5.69. The summed E-state index contributed by atoms with van der Waals surface area (Å²) < 4.78 is 23.9. The first-order chi connectivity index (χ1) is 17.5. The number of aromatic nitrogens is 1. The molecule has 0 bridgehead atoms. The van der Waals surface area contributed by atoms with Crippen LogP contribution in [0.25, 0.3) is 0 Å². The lowest BCUT2D eigenvalue weighted by molar-refractivity contribution is -0.116. The summed E-state index contributed by atoms with van der Waals surface area (Å²) in [5.41, 5.74) is 1.45. The number of hydrogen-bond donors (Lipinski definition) is 2. The lowest BCUT2D eigenvalue weighted by atomic mass is 9.83. The molecule has 5 atom stereocenters. The molecule has 2 amide bonds. The van der Waals surface area contributed by atoms with Crippen molar-refractivity contribution < 1.29 is 18.0 Å². The Morgan fingerprint density at radius 3 is 2.78 bits per heavy atom. The van der Waals surface area contributed by atoms with E-state index in [0.717, 1.165) is 30.1 Å². The van der Waals surface area contributed by atoms with Crippen molar-refractivity contribution in [2.75, 3.05) is 25.6 Å². The van der Waals surface area contributed by atoms with Gasteiger partial charge in [0.2, 0.25) is 0 Å². The molecule has 1 aromatic rings. The van der Waals surface area contributed by atoms with Crippen LogP contribution in [0.4, 0.5) is 0 Å². The first-order valence-electron chi connectivity index (χ1n) is 12.6. The molecule has 0 radical (unpaired) electrons. The fourth-order valence-corrected chi connectivity index (χ4v) is 8.17.